The van der Waals surface area contributed by atoms with Crippen LogP contribution in [0.4, 0.5) is 5.69 Å². The summed E-state index contributed by atoms with van der Waals surface area (Å²) in [5.41, 5.74) is 1.92. The molecule has 33 heavy (non-hydrogen) atoms. The molecule has 4 aliphatic rings. The summed E-state index contributed by atoms with van der Waals surface area (Å²) in [6, 6.07) is 8.53. The second-order valence-corrected chi connectivity index (χ2v) is 13.4. The molecule has 1 aromatic carbocycles. The van der Waals surface area contributed by atoms with E-state index in [9.17, 15) is 4.79 Å². The van der Waals surface area contributed by atoms with Crippen molar-refractivity contribution < 1.29 is 4.79 Å². The topological polar surface area (TPSA) is 17.1 Å². The van der Waals surface area contributed by atoms with Gasteiger partial charge in [0.1, 0.15) is 11.7 Å². The lowest BCUT2D eigenvalue weighted by Gasteiger charge is -2.62. The zero-order chi connectivity index (χ0) is 23.6. The maximum atomic E-state index is 13.5. The zero-order valence-corrected chi connectivity index (χ0v) is 22.3. The quantitative estimate of drug-likeness (QED) is 0.404. The average molecular weight is 471 g/mol. The molecule has 1 saturated heterocycles. The molecule has 3 aliphatic carbocycles. The Labute approximate surface area is 207 Å². The minimum absolute atomic E-state index is 0.250. The van der Waals surface area contributed by atoms with Crippen LogP contribution in [0.1, 0.15) is 91.9 Å². The maximum absolute atomic E-state index is 13.5. The van der Waals surface area contributed by atoms with Crippen molar-refractivity contribution in [1.82, 2.24) is 4.48 Å². The van der Waals surface area contributed by atoms with Gasteiger partial charge < -0.3 is 0 Å². The Morgan fingerprint density at radius 3 is 2.39 bits per heavy atom. The Morgan fingerprint density at radius 1 is 1.00 bits per heavy atom. The van der Waals surface area contributed by atoms with Crippen molar-refractivity contribution in [2.45, 2.75) is 97.9 Å². The van der Waals surface area contributed by atoms with Crippen LogP contribution in [-0.4, -0.2) is 19.0 Å². The molecule has 1 heterocycles. The molecule has 3 saturated carbocycles. The van der Waals surface area contributed by atoms with Crippen molar-refractivity contribution in [1.29, 1.82) is 0 Å². The van der Waals surface area contributed by atoms with Gasteiger partial charge in [0.15, 0.2) is 0 Å². The van der Waals surface area contributed by atoms with Crippen LogP contribution in [-0.2, 0) is 4.79 Å². The summed E-state index contributed by atoms with van der Waals surface area (Å²) in [5, 5.41) is 0.751. The van der Waals surface area contributed by atoms with Gasteiger partial charge in [-0.15, -0.1) is 0 Å². The molecule has 1 amide bonds. The molecule has 1 unspecified atom stereocenters. The predicted molar refractivity (Wildman–Crippen MR) is 139 cm³/mol. The van der Waals surface area contributed by atoms with Crippen LogP contribution >= 0.6 is 11.6 Å². The first-order chi connectivity index (χ1) is 15.7. The van der Waals surface area contributed by atoms with Crippen molar-refractivity contribution in [3.8, 4) is 0 Å². The molecule has 0 aromatic heterocycles. The van der Waals surface area contributed by atoms with Gasteiger partial charge >= 0.3 is 5.91 Å². The number of hydrogen-bond acceptors (Lipinski definition) is 1. The van der Waals surface area contributed by atoms with Gasteiger partial charge in [-0.3, -0.25) is 0 Å². The monoisotopic (exact) mass is 470 g/mol. The third-order valence-corrected chi connectivity index (χ3v) is 12.0. The largest absolute Gasteiger partial charge is 0.318 e. The van der Waals surface area contributed by atoms with Crippen molar-refractivity contribution >= 4 is 23.2 Å². The number of halogens is 1. The molecule has 1 aromatic rings. The molecule has 0 radical (unpaired) electrons. The van der Waals surface area contributed by atoms with E-state index in [4.69, 9.17) is 11.6 Å². The van der Waals surface area contributed by atoms with Gasteiger partial charge in [-0.2, -0.15) is 0 Å². The highest BCUT2D eigenvalue weighted by molar-refractivity contribution is 6.30. The number of fused-ring (bicyclic) bond motifs is 5. The first-order valence-corrected chi connectivity index (χ1v) is 14.2. The van der Waals surface area contributed by atoms with Crippen LogP contribution in [0.3, 0.4) is 0 Å². The standard InChI is InChI=1S/C30H45ClNO/c1-6-7-20(2)24-13-14-25-23-12-15-27-30(4,26(23)16-18-29(24,25)3)19-17-28(33)32(27,5)22-10-8-21(31)9-11-22/h8-11,20,23-27H,6-7,12-19H2,1-5H3/q+1/t20-,23+,24-,25+,26+,27-,29-,30-,32?/m1/s1. The number of nitrogens with zero attached hydrogens (tertiary/aromatic N) is 1. The number of quaternary nitrogens is 1. The van der Waals surface area contributed by atoms with Crippen LogP contribution in [0.15, 0.2) is 24.3 Å². The minimum atomic E-state index is 0.250. The molecule has 4 fully saturated rings. The highest BCUT2D eigenvalue weighted by Crippen LogP contribution is 2.68. The van der Waals surface area contributed by atoms with E-state index in [0.717, 1.165) is 46.7 Å². The summed E-state index contributed by atoms with van der Waals surface area (Å²) in [7, 11) is 2.21. The summed E-state index contributed by atoms with van der Waals surface area (Å²) in [4.78, 5) is 13.5. The predicted octanol–water partition coefficient (Wildman–Crippen LogP) is 8.26. The Morgan fingerprint density at radius 2 is 1.70 bits per heavy atom. The lowest BCUT2D eigenvalue weighted by Crippen LogP contribution is -2.70. The van der Waals surface area contributed by atoms with Gasteiger partial charge in [0.05, 0.1) is 13.5 Å². The van der Waals surface area contributed by atoms with Crippen LogP contribution < -0.4 is 4.48 Å². The summed E-state index contributed by atoms with van der Waals surface area (Å²) in [6.07, 6.45) is 12.7. The third-order valence-electron chi connectivity index (χ3n) is 11.7. The molecule has 5 rings (SSSR count). The summed E-state index contributed by atoms with van der Waals surface area (Å²) in [6.45, 7) is 10.1. The van der Waals surface area contributed by atoms with Crippen molar-refractivity contribution in [2.75, 3.05) is 7.05 Å². The number of carbonyl (C=O) groups excluding carboxylic acids is 1. The van der Waals surface area contributed by atoms with E-state index in [-0.39, 0.29) is 5.41 Å². The lowest BCUT2D eigenvalue weighted by molar-refractivity contribution is -0.157. The fourth-order valence-corrected chi connectivity index (χ4v) is 10.3. The Balaban J connectivity index is 1.46. The highest BCUT2D eigenvalue weighted by atomic mass is 35.5. The molecule has 2 nitrogen and oxygen atoms in total. The second-order valence-electron chi connectivity index (χ2n) is 12.9. The number of piperidine rings is 1. The molecule has 0 bridgehead atoms. The SMILES string of the molecule is CCC[C@@H](C)[C@H]1CC[C@H]2[C@@H]3CC[C@@H]4[C@](C)(CCC(=O)[N+]4(C)c4ccc(Cl)cc4)[C@H]3CC[C@]12C. The molecular formula is C30H45ClNO+. The molecule has 9 atom stereocenters. The molecule has 0 spiro atoms. The Hall–Kier alpha value is -0.860. The first kappa shape index (κ1) is 23.9. The summed E-state index contributed by atoms with van der Waals surface area (Å²) >= 11 is 6.21. The number of likely N-dealkylation sites (tertiary alicyclic amines) is 1. The number of hydrogen-bond donors (Lipinski definition) is 0. The van der Waals surface area contributed by atoms with Crippen molar-refractivity contribution in [3.63, 3.8) is 0 Å². The van der Waals surface area contributed by atoms with Gasteiger partial charge in [-0.05, 0) is 85.7 Å². The number of rotatable bonds is 4. The molecule has 0 N–H and O–H groups in total. The number of carbonyl (C=O) groups is 1. The third kappa shape index (κ3) is 3.40. The molecular weight excluding hydrogens is 426 g/mol. The van der Waals surface area contributed by atoms with Gasteiger partial charge in [-0.25, -0.2) is 9.28 Å². The van der Waals surface area contributed by atoms with Gasteiger partial charge in [0.2, 0.25) is 0 Å². The normalized spacial score (nSPS) is 45.8. The zero-order valence-electron chi connectivity index (χ0n) is 21.6. The van der Waals surface area contributed by atoms with E-state index in [1.807, 2.05) is 12.1 Å². The van der Waals surface area contributed by atoms with Crippen molar-refractivity contribution in [2.24, 2.45) is 40.4 Å². The first-order valence-electron chi connectivity index (χ1n) is 13.8. The van der Waals surface area contributed by atoms with E-state index < -0.39 is 0 Å². The van der Waals surface area contributed by atoms with E-state index >= 15 is 0 Å². The van der Waals surface area contributed by atoms with Gasteiger partial charge in [-0.1, -0.05) is 52.1 Å². The Kier molecular flexibility index (Phi) is 6.05. The number of amides is 1. The van der Waals surface area contributed by atoms with E-state index in [2.05, 4.69) is 46.9 Å². The highest BCUT2D eigenvalue weighted by Gasteiger charge is 2.65. The fraction of sp³-hybridized carbons (Fsp3) is 0.767. The molecule has 3 heteroatoms. The van der Waals surface area contributed by atoms with Crippen LogP contribution in [0.25, 0.3) is 0 Å². The van der Waals surface area contributed by atoms with Crippen LogP contribution in [0, 0.1) is 40.4 Å². The van der Waals surface area contributed by atoms with Gasteiger partial charge in [0.25, 0.3) is 0 Å². The Bertz CT molecular complexity index is 897. The van der Waals surface area contributed by atoms with E-state index in [1.54, 1.807) is 0 Å². The average Bonchev–Trinajstić information content (AvgIpc) is 3.14. The van der Waals surface area contributed by atoms with Crippen LogP contribution in [0.5, 0.6) is 0 Å². The van der Waals surface area contributed by atoms with Crippen molar-refractivity contribution in [3.05, 3.63) is 29.3 Å². The van der Waals surface area contributed by atoms with Crippen LogP contribution in [0.2, 0.25) is 5.02 Å². The number of benzene rings is 1. The molecule has 1 aliphatic heterocycles. The summed E-state index contributed by atoms with van der Waals surface area (Å²) < 4.78 is 0.481. The smallest absolute Gasteiger partial charge is 0.230 e. The lowest BCUT2D eigenvalue weighted by atomic mass is 9.46. The van der Waals surface area contributed by atoms with E-state index in [1.165, 1.54) is 51.4 Å². The van der Waals surface area contributed by atoms with E-state index in [0.29, 0.717) is 28.3 Å². The second kappa shape index (κ2) is 8.37. The molecule has 182 valence electrons. The maximum Gasteiger partial charge on any atom is 0.318 e. The minimum Gasteiger partial charge on any atom is -0.230 e. The fourth-order valence-electron chi connectivity index (χ4n) is 10.1. The van der Waals surface area contributed by atoms with Gasteiger partial charge in [0, 0.05) is 29.0 Å². The summed E-state index contributed by atoms with van der Waals surface area (Å²) in [5.74, 6) is 4.70.